The molecule has 0 aliphatic carbocycles. The number of rotatable bonds is 16. The lowest BCUT2D eigenvalue weighted by Gasteiger charge is -2.40. The molecule has 0 radical (unpaired) electrons. The van der Waals surface area contributed by atoms with Crippen molar-refractivity contribution in [3.05, 3.63) is 128 Å². The summed E-state index contributed by atoms with van der Waals surface area (Å²) in [6.07, 6.45) is -16.6. The van der Waals surface area contributed by atoms with Crippen LogP contribution in [0.4, 0.5) is 13.2 Å². The van der Waals surface area contributed by atoms with E-state index in [9.17, 15) is 54.0 Å². The van der Waals surface area contributed by atoms with Crippen LogP contribution in [0.1, 0.15) is 45.6 Å². The summed E-state index contributed by atoms with van der Waals surface area (Å²) in [6.45, 7) is 1.51. The second-order valence-corrected chi connectivity index (χ2v) is 17.5. The van der Waals surface area contributed by atoms with E-state index in [0.29, 0.717) is 51.7 Å². The number of carboxylic acids is 1. The van der Waals surface area contributed by atoms with Gasteiger partial charge >= 0.3 is 6.18 Å². The van der Waals surface area contributed by atoms with Crippen molar-refractivity contribution in [1.29, 1.82) is 0 Å². The van der Waals surface area contributed by atoms with Crippen LogP contribution in [0.15, 0.2) is 84.9 Å². The van der Waals surface area contributed by atoms with E-state index in [0.717, 1.165) is 46.8 Å². The van der Waals surface area contributed by atoms with Gasteiger partial charge in [-0.25, -0.2) is 0 Å². The maximum Gasteiger partial charge on any atom is 0.430 e. The van der Waals surface area contributed by atoms with E-state index >= 15 is 0 Å². The van der Waals surface area contributed by atoms with Gasteiger partial charge in [-0.2, -0.15) is 13.2 Å². The van der Waals surface area contributed by atoms with Crippen LogP contribution in [0.5, 0.6) is 11.5 Å². The summed E-state index contributed by atoms with van der Waals surface area (Å²) in [5.74, 6) is -1.53. The fourth-order valence-electron chi connectivity index (χ4n) is 7.33. The number of carboxylic acid groups (broad SMARTS) is 1. The molecule has 2 saturated heterocycles. The van der Waals surface area contributed by atoms with E-state index in [4.69, 9.17) is 52.1 Å². The minimum absolute atomic E-state index is 0.461. The Kier molecular flexibility index (Phi) is 18.6. The number of carbonyl (C=O) groups is 1. The summed E-state index contributed by atoms with van der Waals surface area (Å²) in [7, 11) is 4.24. The average molecular weight is 973 g/mol. The standard InChI is InChI=1S/C44H54Cl2NO12.C2HF3O2/c1-47(2,15-17-56-31-10-3-25(4-11-31)19-27-7-8-29(22-34(27)46)44-42(55)40(53)38(51)36(24-49)59-44)16-18-57-32-12-5-26(6-13-32)20-30-21-28(9-14-33(30)45)43-41(54)39(52)37(50)35(23-48)58-43;3-2(4,5)1(6)7/h3-14,21-22,35-44,48-55H,15-20,23-24H2,1-2H3;(H,6,7)/q+1;/p-1/t35-,36-,37-,38-,39+,40+,41-,42-,43+,44+;/m1./s1. The lowest BCUT2D eigenvalue weighted by atomic mass is 9.90. The highest BCUT2D eigenvalue weighted by atomic mass is 35.5. The predicted octanol–water partition coefficient (Wildman–Crippen LogP) is 2.04. The molecule has 2 aliphatic heterocycles. The average Bonchev–Trinajstić information content (AvgIpc) is 3.27. The molecule has 2 aliphatic rings. The van der Waals surface area contributed by atoms with E-state index in [-0.39, 0.29) is 0 Å². The minimum Gasteiger partial charge on any atom is -0.542 e. The molecule has 0 bridgehead atoms. The first kappa shape index (κ1) is 52.8. The molecule has 362 valence electrons. The number of alkyl halides is 3. The van der Waals surface area contributed by atoms with E-state index in [2.05, 4.69) is 14.1 Å². The minimum atomic E-state index is -5.19. The third-order valence-electron chi connectivity index (χ3n) is 11.4. The number of aliphatic hydroxyl groups is 8. The van der Waals surface area contributed by atoms with Crippen molar-refractivity contribution < 1.29 is 87.4 Å². The highest BCUT2D eigenvalue weighted by Gasteiger charge is 2.45. The van der Waals surface area contributed by atoms with E-state index in [1.807, 2.05) is 54.6 Å². The summed E-state index contributed by atoms with van der Waals surface area (Å²) in [6, 6.07) is 26.0. The van der Waals surface area contributed by atoms with Gasteiger partial charge in [0.25, 0.3) is 0 Å². The zero-order valence-corrected chi connectivity index (χ0v) is 37.4. The quantitative estimate of drug-likeness (QED) is 0.0751. The Bertz CT molecular complexity index is 2180. The predicted molar refractivity (Wildman–Crippen MR) is 231 cm³/mol. The van der Waals surface area contributed by atoms with Crippen molar-refractivity contribution in [3.8, 4) is 11.5 Å². The largest absolute Gasteiger partial charge is 0.542 e. The zero-order valence-electron chi connectivity index (χ0n) is 35.9. The molecule has 66 heavy (non-hydrogen) atoms. The fraction of sp³-hybridized carbons (Fsp3) is 0.457. The van der Waals surface area contributed by atoms with Crippen molar-refractivity contribution >= 4 is 29.2 Å². The Hall–Kier alpha value is -4.12. The van der Waals surface area contributed by atoms with Gasteiger partial charge in [-0.15, -0.1) is 0 Å². The molecule has 0 unspecified atom stereocenters. The molecule has 2 fully saturated rings. The van der Waals surface area contributed by atoms with Gasteiger partial charge in [-0.05, 0) is 82.6 Å². The lowest BCUT2D eigenvalue weighted by molar-refractivity contribution is -0.890. The van der Waals surface area contributed by atoms with Crippen LogP contribution in [-0.2, 0) is 27.1 Å². The molecule has 4 aromatic rings. The van der Waals surface area contributed by atoms with Gasteiger partial charge in [0.05, 0.1) is 27.3 Å². The van der Waals surface area contributed by atoms with E-state index in [1.54, 1.807) is 30.3 Å². The number of halogens is 5. The number of benzene rings is 4. The number of nitrogens with zero attached hydrogens (tertiary/aromatic N) is 1. The lowest BCUT2D eigenvalue weighted by Crippen LogP contribution is -2.55. The zero-order chi connectivity index (χ0) is 48.5. The molecule has 6 rings (SSSR count). The van der Waals surface area contributed by atoms with Gasteiger partial charge in [-0.1, -0.05) is 71.7 Å². The van der Waals surface area contributed by atoms with Crippen molar-refractivity contribution in [1.82, 2.24) is 0 Å². The number of carbonyl (C=O) groups excluding carboxylic acids is 1. The van der Waals surface area contributed by atoms with Crippen LogP contribution in [0.2, 0.25) is 10.0 Å². The first-order valence-corrected chi connectivity index (χ1v) is 21.6. The summed E-state index contributed by atoms with van der Waals surface area (Å²) in [4.78, 5) is 8.78. The number of quaternary nitrogens is 1. The van der Waals surface area contributed by atoms with E-state index in [1.165, 1.54) is 0 Å². The molecule has 2 heterocycles. The topological polar surface area (TPSA) is 239 Å². The van der Waals surface area contributed by atoms with Crippen LogP contribution in [0.3, 0.4) is 0 Å². The molecule has 15 nitrogen and oxygen atoms in total. The fourth-order valence-corrected chi connectivity index (χ4v) is 7.77. The summed E-state index contributed by atoms with van der Waals surface area (Å²) in [5.41, 5.74) is 4.76. The smallest absolute Gasteiger partial charge is 0.430 e. The van der Waals surface area contributed by atoms with Crippen LogP contribution in [0, 0.1) is 0 Å². The third kappa shape index (κ3) is 14.0. The van der Waals surface area contributed by atoms with Crippen molar-refractivity contribution in [2.45, 2.75) is 80.1 Å². The van der Waals surface area contributed by atoms with Crippen LogP contribution in [-0.4, -0.2) is 160 Å². The van der Waals surface area contributed by atoms with E-state index < -0.39 is 86.4 Å². The van der Waals surface area contributed by atoms with Crippen molar-refractivity contribution in [2.75, 3.05) is 53.6 Å². The second-order valence-electron chi connectivity index (χ2n) is 16.7. The Balaban J connectivity index is 0.00000108. The van der Waals surface area contributed by atoms with Crippen LogP contribution < -0.4 is 14.6 Å². The molecule has 4 aromatic carbocycles. The molecular formula is C46H54Cl2F3NO14. The molecule has 0 saturated carbocycles. The third-order valence-corrected chi connectivity index (χ3v) is 12.1. The molecule has 8 N–H and O–H groups in total. The number of hydrogen-bond acceptors (Lipinski definition) is 14. The highest BCUT2D eigenvalue weighted by molar-refractivity contribution is 6.31. The molecule has 0 aromatic heterocycles. The number of aliphatic hydroxyl groups excluding tert-OH is 8. The van der Waals surface area contributed by atoms with Gasteiger partial charge < -0.3 is 74.2 Å². The van der Waals surface area contributed by atoms with Gasteiger partial charge in [0, 0.05) is 10.0 Å². The number of likely N-dealkylation sites (N-methyl/N-ethyl adjacent to an activating group) is 1. The van der Waals surface area contributed by atoms with Gasteiger partial charge in [-0.3, -0.25) is 0 Å². The molecular weight excluding hydrogens is 918 g/mol. The van der Waals surface area contributed by atoms with Crippen molar-refractivity contribution in [3.63, 3.8) is 0 Å². The summed E-state index contributed by atoms with van der Waals surface area (Å²) >= 11 is 13.1. The highest BCUT2D eigenvalue weighted by Crippen LogP contribution is 2.36. The summed E-state index contributed by atoms with van der Waals surface area (Å²) in [5, 5.41) is 90.6. The van der Waals surface area contributed by atoms with Crippen LogP contribution in [0.25, 0.3) is 0 Å². The first-order chi connectivity index (χ1) is 31.1. The maximum absolute atomic E-state index is 10.6. The van der Waals surface area contributed by atoms with Gasteiger partial charge in [0.2, 0.25) is 0 Å². The first-order valence-electron chi connectivity index (χ1n) is 20.8. The Morgan fingerprint density at radius 3 is 1.44 bits per heavy atom. The Labute approximate surface area is 388 Å². The maximum atomic E-state index is 10.6. The van der Waals surface area contributed by atoms with Gasteiger partial charge in [0.15, 0.2) is 0 Å². The molecule has 0 spiro atoms. The summed E-state index contributed by atoms with van der Waals surface area (Å²) < 4.78 is 55.8. The normalized spacial score (nSPS) is 25.7. The number of aliphatic carboxylic acids is 1. The van der Waals surface area contributed by atoms with Crippen LogP contribution >= 0.6 is 23.2 Å². The Morgan fingerprint density at radius 2 is 1.03 bits per heavy atom. The van der Waals surface area contributed by atoms with Gasteiger partial charge in [0.1, 0.15) is 105 Å². The van der Waals surface area contributed by atoms with Crippen molar-refractivity contribution in [2.24, 2.45) is 0 Å². The number of ether oxygens (including phenoxy) is 4. The monoisotopic (exact) mass is 971 g/mol. The molecule has 10 atom stereocenters. The SMILES string of the molecule is C[N+](C)(CCOc1ccc(Cc2ccc([C@@H]3O[C@H](CO)[C@@H](O)[C@H](O)[C@H]3O)cc2Cl)cc1)CCOc1ccc(Cc2cc([C@@H]3O[C@H](CO)[C@@H](O)[C@H](O)[C@H]3O)ccc2Cl)cc1.O=C([O-])C(F)(F)F. The number of hydrogen-bond donors (Lipinski definition) is 8. The Morgan fingerprint density at radius 1 is 0.621 bits per heavy atom. The molecule has 20 heteroatoms. The second kappa shape index (κ2) is 23.3. The molecule has 0 amide bonds.